The lowest BCUT2D eigenvalue weighted by Crippen LogP contribution is -2.63. The number of piperidine rings is 3. The van der Waals surface area contributed by atoms with Crippen LogP contribution in [0.3, 0.4) is 0 Å². The first-order chi connectivity index (χ1) is 27.3. The monoisotopic (exact) mass is 775 g/mol. The molecule has 5 saturated heterocycles. The smallest absolute Gasteiger partial charge is 0.249 e. The first kappa shape index (κ1) is 39.6. The van der Waals surface area contributed by atoms with Gasteiger partial charge in [0.25, 0.3) is 0 Å². The van der Waals surface area contributed by atoms with Crippen molar-refractivity contribution in [2.45, 2.75) is 185 Å². The van der Waals surface area contributed by atoms with Crippen LogP contribution in [0, 0.1) is 29.1 Å². The van der Waals surface area contributed by atoms with Gasteiger partial charge in [0.05, 0.1) is 18.2 Å². The highest BCUT2D eigenvalue weighted by atomic mass is 16.3. The summed E-state index contributed by atoms with van der Waals surface area (Å²) in [5.74, 6) is 1.86. The Morgan fingerprint density at radius 1 is 0.696 bits per heavy atom. The molecular formula is C46H74N6O4. The van der Waals surface area contributed by atoms with Gasteiger partial charge in [0.1, 0.15) is 6.04 Å². The van der Waals surface area contributed by atoms with Gasteiger partial charge in [-0.05, 0) is 152 Å². The Balaban J connectivity index is 0.715. The number of hydrogen-bond donors (Lipinski definition) is 3. The van der Waals surface area contributed by atoms with Crippen molar-refractivity contribution in [3.05, 3.63) is 11.1 Å². The van der Waals surface area contributed by atoms with Gasteiger partial charge in [-0.3, -0.25) is 34.8 Å². The Morgan fingerprint density at radius 2 is 1.34 bits per heavy atom. The number of rotatable bonds is 8. The van der Waals surface area contributed by atoms with Crippen LogP contribution in [0.1, 0.15) is 148 Å². The van der Waals surface area contributed by atoms with E-state index in [0.29, 0.717) is 31.0 Å². The highest BCUT2D eigenvalue weighted by Crippen LogP contribution is 2.52. The number of piperazine rings is 1. The van der Waals surface area contributed by atoms with Gasteiger partial charge in [-0.25, -0.2) is 0 Å². The maximum atomic E-state index is 13.3. The van der Waals surface area contributed by atoms with Crippen LogP contribution in [-0.2, 0) is 14.4 Å². The van der Waals surface area contributed by atoms with E-state index in [-0.39, 0.29) is 35.8 Å². The van der Waals surface area contributed by atoms with Crippen LogP contribution in [0.25, 0.3) is 0 Å². The number of imide groups is 1. The lowest BCUT2D eigenvalue weighted by molar-refractivity contribution is -0.144. The molecule has 0 aromatic heterocycles. The molecule has 9 fully saturated rings. The molecule has 4 atom stereocenters. The van der Waals surface area contributed by atoms with Crippen molar-refractivity contribution < 1.29 is 19.5 Å². The van der Waals surface area contributed by atoms with Crippen LogP contribution in [0.2, 0.25) is 0 Å². The Morgan fingerprint density at radius 3 is 2.00 bits per heavy atom. The van der Waals surface area contributed by atoms with Gasteiger partial charge in [0.2, 0.25) is 17.7 Å². The summed E-state index contributed by atoms with van der Waals surface area (Å²) in [6, 6.07) is 1.12. The number of likely N-dealkylation sites (tertiary alicyclic amines) is 2. The minimum atomic E-state index is -0.503. The summed E-state index contributed by atoms with van der Waals surface area (Å²) in [5.41, 5.74) is 4.37. The topological polar surface area (TPSA) is 108 Å². The van der Waals surface area contributed by atoms with Gasteiger partial charge in [0, 0.05) is 57.3 Å². The molecule has 0 aromatic carbocycles. The molecule has 312 valence electrons. The van der Waals surface area contributed by atoms with E-state index in [1.165, 1.54) is 116 Å². The second-order valence-electron chi connectivity index (χ2n) is 20.3. The summed E-state index contributed by atoms with van der Waals surface area (Å²) in [4.78, 5) is 47.6. The highest BCUT2D eigenvalue weighted by molar-refractivity contribution is 6.02. The number of aliphatic hydroxyl groups excluding tert-OH is 1. The number of amides is 3. The van der Waals surface area contributed by atoms with E-state index < -0.39 is 6.04 Å². The lowest BCUT2D eigenvalue weighted by atomic mass is 9.59. The van der Waals surface area contributed by atoms with Crippen LogP contribution < -0.4 is 10.6 Å². The maximum absolute atomic E-state index is 13.3. The SMILES string of the molecule is CC/C(=C(\C1CCC(O)CC1)C1CCC(N2CCC3(CC2)CC(N2CCN(C4CCC5C(=O)N(C6CCC(=O)NC6=O)CC5N4)CC2)C3)CC1)C1CCCCC1. The fourth-order valence-corrected chi connectivity index (χ4v) is 14.1. The Bertz CT molecular complexity index is 1440. The molecule has 56 heavy (non-hydrogen) atoms. The number of hydrogen-bond acceptors (Lipinski definition) is 8. The number of nitrogens with one attached hydrogen (secondary N) is 2. The summed E-state index contributed by atoms with van der Waals surface area (Å²) in [7, 11) is 0. The Hall–Kier alpha value is -1.85. The summed E-state index contributed by atoms with van der Waals surface area (Å²) in [5, 5.41) is 16.6. The molecule has 0 radical (unpaired) electrons. The third-order valence-corrected chi connectivity index (χ3v) is 17.4. The van der Waals surface area contributed by atoms with Gasteiger partial charge < -0.3 is 14.9 Å². The second kappa shape index (κ2) is 17.0. The molecule has 3 amide bonds. The number of allylic oxidation sites excluding steroid dienone is 2. The molecule has 3 N–H and O–H groups in total. The minimum absolute atomic E-state index is 0.0524. The van der Waals surface area contributed by atoms with Crippen molar-refractivity contribution in [1.82, 2.24) is 30.2 Å². The van der Waals surface area contributed by atoms with Crippen molar-refractivity contribution in [3.8, 4) is 0 Å². The van der Waals surface area contributed by atoms with Gasteiger partial charge >= 0.3 is 0 Å². The summed E-state index contributed by atoms with van der Waals surface area (Å²) >= 11 is 0. The molecule has 4 aliphatic carbocycles. The Kier molecular flexibility index (Phi) is 12.0. The minimum Gasteiger partial charge on any atom is -0.393 e. The fourth-order valence-electron chi connectivity index (χ4n) is 14.1. The molecule has 9 rings (SSSR count). The van der Waals surface area contributed by atoms with Crippen molar-refractivity contribution in [2.75, 3.05) is 45.8 Å². The number of nitrogens with zero attached hydrogens (tertiary/aromatic N) is 4. The maximum Gasteiger partial charge on any atom is 0.249 e. The molecule has 9 aliphatic rings. The average molecular weight is 775 g/mol. The van der Waals surface area contributed by atoms with Gasteiger partial charge in [0.15, 0.2) is 0 Å². The predicted octanol–water partition coefficient (Wildman–Crippen LogP) is 5.59. The zero-order valence-electron chi connectivity index (χ0n) is 34.7. The first-order valence-electron chi connectivity index (χ1n) is 23.8. The normalized spacial score (nSPS) is 39.0. The summed E-state index contributed by atoms with van der Waals surface area (Å²) < 4.78 is 0. The number of carbonyl (C=O) groups excluding carboxylic acids is 3. The molecule has 0 aromatic rings. The molecule has 4 saturated carbocycles. The zero-order valence-corrected chi connectivity index (χ0v) is 34.7. The fraction of sp³-hybridized carbons (Fsp3) is 0.891. The van der Waals surface area contributed by atoms with Crippen molar-refractivity contribution in [1.29, 1.82) is 0 Å². The highest BCUT2D eigenvalue weighted by Gasteiger charge is 2.51. The molecule has 0 bridgehead atoms. The molecular weight excluding hydrogens is 701 g/mol. The third-order valence-electron chi connectivity index (χ3n) is 17.4. The van der Waals surface area contributed by atoms with Crippen molar-refractivity contribution in [2.24, 2.45) is 29.1 Å². The summed E-state index contributed by atoms with van der Waals surface area (Å²) in [6.07, 6.45) is 26.8. The van der Waals surface area contributed by atoms with Crippen LogP contribution >= 0.6 is 0 Å². The third kappa shape index (κ3) is 8.05. The standard InChI is InChI=1S/C46H74N6O4/c1-2-37(31-6-4-3-5-7-31)43(33-10-14-36(53)15-11-33)32-8-12-34(13-9-32)49-22-20-46(21-23-49)28-35(29-46)50-24-26-51(27-25-50)41-18-16-38-39(47-41)30-52(45(38)56)40-17-19-42(54)48-44(40)55/h31-36,38-41,47,53H,2-30H2,1H3,(H,48,54,55)/b43-37+. The van der Waals surface area contributed by atoms with Crippen molar-refractivity contribution in [3.63, 3.8) is 0 Å². The van der Waals surface area contributed by atoms with Crippen LogP contribution in [-0.4, -0.2) is 125 Å². The van der Waals surface area contributed by atoms with Crippen molar-refractivity contribution >= 4 is 17.7 Å². The summed E-state index contributed by atoms with van der Waals surface area (Å²) in [6.45, 7) is 10.1. The molecule has 1 spiro atoms. The Labute approximate surface area is 337 Å². The van der Waals surface area contributed by atoms with Gasteiger partial charge in [-0.1, -0.05) is 37.3 Å². The van der Waals surface area contributed by atoms with E-state index in [4.69, 9.17) is 0 Å². The largest absolute Gasteiger partial charge is 0.393 e. The molecule has 5 heterocycles. The molecule has 4 unspecified atom stereocenters. The van der Waals surface area contributed by atoms with E-state index >= 15 is 0 Å². The number of aliphatic hydroxyl groups is 1. The quantitative estimate of drug-likeness (QED) is 0.217. The van der Waals surface area contributed by atoms with Crippen LogP contribution in [0.4, 0.5) is 0 Å². The first-order valence-corrected chi connectivity index (χ1v) is 23.8. The number of carbonyl (C=O) groups is 3. The molecule has 10 heteroatoms. The zero-order chi connectivity index (χ0) is 38.4. The van der Waals surface area contributed by atoms with Gasteiger partial charge in [-0.15, -0.1) is 0 Å². The van der Waals surface area contributed by atoms with E-state index in [9.17, 15) is 19.5 Å². The molecule has 10 nitrogen and oxygen atoms in total. The molecule has 5 aliphatic heterocycles. The van der Waals surface area contributed by atoms with E-state index in [1.54, 1.807) is 4.90 Å². The van der Waals surface area contributed by atoms with Crippen LogP contribution in [0.15, 0.2) is 11.1 Å². The predicted molar refractivity (Wildman–Crippen MR) is 218 cm³/mol. The second-order valence-corrected chi connectivity index (χ2v) is 20.3. The van der Waals surface area contributed by atoms with Gasteiger partial charge in [-0.2, -0.15) is 0 Å². The van der Waals surface area contributed by atoms with E-state index in [1.807, 2.05) is 11.1 Å². The number of fused-ring (bicyclic) bond motifs is 1. The van der Waals surface area contributed by atoms with Crippen LogP contribution in [0.5, 0.6) is 0 Å². The average Bonchev–Trinajstić information content (AvgIpc) is 3.54. The van der Waals surface area contributed by atoms with E-state index in [0.717, 1.165) is 81.7 Å². The lowest BCUT2D eigenvalue weighted by Gasteiger charge is -2.57. The van der Waals surface area contributed by atoms with E-state index in [2.05, 4.69) is 32.3 Å².